The number of carboxylic acid groups (broad SMARTS) is 2. The summed E-state index contributed by atoms with van der Waals surface area (Å²) in [5.74, 6) is -1.87. The van der Waals surface area contributed by atoms with Gasteiger partial charge in [0.2, 0.25) is 0 Å². The van der Waals surface area contributed by atoms with Gasteiger partial charge in [-0.3, -0.25) is 0 Å². The zero-order valence-corrected chi connectivity index (χ0v) is 11.8. The fourth-order valence-electron chi connectivity index (χ4n) is 0.731. The summed E-state index contributed by atoms with van der Waals surface area (Å²) < 4.78 is 0. The van der Waals surface area contributed by atoms with Crippen molar-refractivity contribution in [3.05, 3.63) is 36.0 Å². The van der Waals surface area contributed by atoms with Gasteiger partial charge in [0.15, 0.2) is 0 Å². The average molecular weight is 286 g/mol. The molecule has 20 heavy (non-hydrogen) atoms. The molecular weight excluding hydrogens is 264 g/mol. The summed E-state index contributed by atoms with van der Waals surface area (Å²) >= 11 is 0. The van der Waals surface area contributed by atoms with Crippen LogP contribution in [0.3, 0.4) is 0 Å². The summed E-state index contributed by atoms with van der Waals surface area (Å²) in [7, 11) is 0. The SMILES string of the molecule is C=C(C)C(=O)O.C=C(C)C(=O)O.OCC(O)C1=CCC1. The van der Waals surface area contributed by atoms with Crippen molar-refractivity contribution in [1.29, 1.82) is 0 Å². The van der Waals surface area contributed by atoms with E-state index in [9.17, 15) is 9.59 Å². The molecule has 0 saturated carbocycles. The van der Waals surface area contributed by atoms with E-state index in [-0.39, 0.29) is 17.8 Å². The van der Waals surface area contributed by atoms with E-state index in [0.717, 1.165) is 18.4 Å². The molecule has 0 aromatic rings. The number of aliphatic carboxylic acids is 2. The third kappa shape index (κ3) is 11.2. The van der Waals surface area contributed by atoms with Crippen molar-refractivity contribution in [2.45, 2.75) is 32.8 Å². The summed E-state index contributed by atoms with van der Waals surface area (Å²) in [4.78, 5) is 19.2. The maximum Gasteiger partial charge on any atom is 0.330 e. The van der Waals surface area contributed by atoms with Crippen LogP contribution in [-0.2, 0) is 9.59 Å². The van der Waals surface area contributed by atoms with Gasteiger partial charge in [-0.05, 0) is 32.3 Å². The molecular formula is C14H22O6. The summed E-state index contributed by atoms with van der Waals surface area (Å²) in [6.45, 7) is 9.07. The molecule has 6 nitrogen and oxygen atoms in total. The molecule has 0 aromatic heterocycles. The first-order valence-electron chi connectivity index (χ1n) is 5.88. The van der Waals surface area contributed by atoms with Crippen molar-refractivity contribution in [3.63, 3.8) is 0 Å². The minimum atomic E-state index is -0.935. The number of allylic oxidation sites excluding steroid dienone is 1. The minimum absolute atomic E-state index is 0.133. The van der Waals surface area contributed by atoms with Gasteiger partial charge in [0.05, 0.1) is 12.7 Å². The molecule has 0 spiro atoms. The molecule has 1 unspecified atom stereocenters. The van der Waals surface area contributed by atoms with Gasteiger partial charge in [-0.15, -0.1) is 0 Å². The number of carboxylic acids is 2. The highest BCUT2D eigenvalue weighted by Gasteiger charge is 2.13. The number of rotatable bonds is 4. The van der Waals surface area contributed by atoms with Crippen molar-refractivity contribution in [1.82, 2.24) is 0 Å². The zero-order valence-electron chi connectivity index (χ0n) is 11.8. The predicted molar refractivity (Wildman–Crippen MR) is 75.3 cm³/mol. The second kappa shape index (κ2) is 11.0. The van der Waals surface area contributed by atoms with E-state index in [4.69, 9.17) is 20.4 Å². The van der Waals surface area contributed by atoms with Crippen LogP contribution in [0.1, 0.15) is 26.7 Å². The van der Waals surface area contributed by atoms with Gasteiger partial charge in [-0.2, -0.15) is 0 Å². The van der Waals surface area contributed by atoms with E-state index in [2.05, 4.69) is 13.2 Å². The Bertz CT molecular complexity index is 346. The Kier molecular flexibility index (Phi) is 11.2. The molecule has 0 amide bonds. The van der Waals surface area contributed by atoms with Crippen molar-refractivity contribution >= 4 is 11.9 Å². The second-order valence-electron chi connectivity index (χ2n) is 4.19. The second-order valence-corrected chi connectivity index (χ2v) is 4.19. The topological polar surface area (TPSA) is 115 Å². The summed E-state index contributed by atoms with van der Waals surface area (Å²) in [6.07, 6.45) is 3.40. The van der Waals surface area contributed by atoms with E-state index in [0.29, 0.717) is 0 Å². The lowest BCUT2D eigenvalue weighted by Crippen LogP contribution is -2.18. The normalized spacial score (nSPS) is 13.1. The van der Waals surface area contributed by atoms with Gasteiger partial charge in [0.25, 0.3) is 0 Å². The summed E-state index contributed by atoms with van der Waals surface area (Å²) in [5, 5.41) is 33.0. The van der Waals surface area contributed by atoms with Crippen molar-refractivity contribution < 1.29 is 30.0 Å². The predicted octanol–water partition coefficient (Wildman–Crippen LogP) is 1.35. The summed E-state index contributed by atoms with van der Waals surface area (Å²) in [5.41, 5.74) is 1.34. The lowest BCUT2D eigenvalue weighted by molar-refractivity contribution is -0.133. The van der Waals surface area contributed by atoms with Crippen LogP contribution in [0.15, 0.2) is 36.0 Å². The zero-order chi connectivity index (χ0) is 16.3. The van der Waals surface area contributed by atoms with Gasteiger partial charge in [-0.1, -0.05) is 19.2 Å². The lowest BCUT2D eigenvalue weighted by atomic mass is 9.94. The fraction of sp³-hybridized carbons (Fsp3) is 0.429. The molecule has 1 rings (SSSR count). The van der Waals surface area contributed by atoms with E-state index in [1.54, 1.807) is 0 Å². The monoisotopic (exact) mass is 286 g/mol. The van der Waals surface area contributed by atoms with E-state index in [1.165, 1.54) is 13.8 Å². The molecule has 1 atom stereocenters. The molecule has 0 aromatic carbocycles. The van der Waals surface area contributed by atoms with E-state index < -0.39 is 18.0 Å². The highest BCUT2D eigenvalue weighted by atomic mass is 16.4. The van der Waals surface area contributed by atoms with Crippen molar-refractivity contribution in [2.24, 2.45) is 0 Å². The average Bonchev–Trinajstić information content (AvgIpc) is 2.27. The fourth-order valence-corrected chi connectivity index (χ4v) is 0.731. The Morgan fingerprint density at radius 2 is 1.50 bits per heavy atom. The van der Waals surface area contributed by atoms with Crippen LogP contribution < -0.4 is 0 Å². The number of carbonyl (C=O) groups is 2. The van der Waals surface area contributed by atoms with Gasteiger partial charge < -0.3 is 20.4 Å². The smallest absolute Gasteiger partial charge is 0.330 e. The molecule has 1 aliphatic carbocycles. The number of hydrogen-bond donors (Lipinski definition) is 4. The Morgan fingerprint density at radius 3 is 1.55 bits per heavy atom. The highest BCUT2D eigenvalue weighted by Crippen LogP contribution is 2.20. The maximum absolute atomic E-state index is 9.60. The molecule has 0 heterocycles. The number of aliphatic hydroxyl groups excluding tert-OH is 2. The third-order valence-corrected chi connectivity index (χ3v) is 2.17. The van der Waals surface area contributed by atoms with Crippen LogP contribution in [0.5, 0.6) is 0 Å². The van der Waals surface area contributed by atoms with Crippen LogP contribution in [0.25, 0.3) is 0 Å². The molecule has 0 fully saturated rings. The molecule has 0 radical (unpaired) electrons. The first-order valence-corrected chi connectivity index (χ1v) is 5.88. The molecule has 0 saturated heterocycles. The number of aliphatic hydroxyl groups is 2. The molecule has 0 bridgehead atoms. The molecule has 1 aliphatic rings. The quantitative estimate of drug-likeness (QED) is 0.458. The van der Waals surface area contributed by atoms with E-state index in [1.807, 2.05) is 6.08 Å². The highest BCUT2D eigenvalue weighted by molar-refractivity contribution is 5.85. The first kappa shape index (κ1) is 20.4. The van der Waals surface area contributed by atoms with Crippen LogP contribution >= 0.6 is 0 Å². The Labute approximate surface area is 118 Å². The van der Waals surface area contributed by atoms with Crippen molar-refractivity contribution in [3.8, 4) is 0 Å². The largest absolute Gasteiger partial charge is 0.478 e. The molecule has 6 heteroatoms. The molecule has 114 valence electrons. The van der Waals surface area contributed by atoms with E-state index >= 15 is 0 Å². The van der Waals surface area contributed by atoms with Crippen LogP contribution in [0, 0.1) is 0 Å². The lowest BCUT2D eigenvalue weighted by Gasteiger charge is -2.17. The van der Waals surface area contributed by atoms with Crippen LogP contribution in [-0.4, -0.2) is 45.1 Å². The Balaban J connectivity index is 0. The van der Waals surface area contributed by atoms with Crippen molar-refractivity contribution in [2.75, 3.05) is 6.61 Å². The van der Waals surface area contributed by atoms with Gasteiger partial charge in [0, 0.05) is 11.1 Å². The minimum Gasteiger partial charge on any atom is -0.478 e. The standard InChI is InChI=1S/C6H10O2.2C4H6O2/c7-4-6(8)5-2-1-3-5;2*1-3(2)4(5)6/h2,6-8H,1,3-4H2;2*1H2,2H3,(H,5,6). The Morgan fingerprint density at radius 1 is 1.20 bits per heavy atom. The Hall–Kier alpha value is -1.92. The third-order valence-electron chi connectivity index (χ3n) is 2.17. The summed E-state index contributed by atoms with van der Waals surface area (Å²) in [6, 6.07) is 0. The van der Waals surface area contributed by atoms with Crippen LogP contribution in [0.2, 0.25) is 0 Å². The first-order chi connectivity index (χ1) is 9.13. The molecule has 0 aliphatic heterocycles. The molecule has 4 N–H and O–H groups in total. The van der Waals surface area contributed by atoms with Gasteiger partial charge >= 0.3 is 11.9 Å². The number of hydrogen-bond acceptors (Lipinski definition) is 4. The van der Waals surface area contributed by atoms with Gasteiger partial charge in [-0.25, -0.2) is 9.59 Å². The van der Waals surface area contributed by atoms with Gasteiger partial charge in [0.1, 0.15) is 0 Å². The maximum atomic E-state index is 9.60. The van der Waals surface area contributed by atoms with Crippen LogP contribution in [0.4, 0.5) is 0 Å².